The van der Waals surface area contributed by atoms with E-state index in [1.807, 2.05) is 25.7 Å². The second-order valence-electron chi connectivity index (χ2n) is 5.76. The number of carbonyl (C=O) groups excluding carboxylic acids is 1. The van der Waals surface area contributed by atoms with E-state index in [2.05, 4.69) is 0 Å². The maximum Gasteiger partial charge on any atom is 0.410 e. The van der Waals surface area contributed by atoms with Gasteiger partial charge in [-0.3, -0.25) is 0 Å². The number of hydrogen-bond donors (Lipinski definition) is 0. The van der Waals surface area contributed by atoms with E-state index in [0.29, 0.717) is 11.5 Å². The topological polar surface area (TPSA) is 38.8 Å². The summed E-state index contributed by atoms with van der Waals surface area (Å²) in [5.41, 5.74) is 0.328. The molecule has 2 fully saturated rings. The van der Waals surface area contributed by atoms with Gasteiger partial charge in [0, 0.05) is 19.7 Å². The smallest absolute Gasteiger partial charge is 0.410 e. The summed E-state index contributed by atoms with van der Waals surface area (Å²) in [6, 6.07) is 0. The number of likely N-dealkylation sites (tertiary alicyclic amines) is 1. The predicted molar refractivity (Wildman–Crippen MR) is 69.5 cm³/mol. The average Bonchev–Trinajstić information content (AvgIpc) is 2.74. The second-order valence-corrected chi connectivity index (χ2v) is 5.76. The lowest BCUT2D eigenvalue weighted by molar-refractivity contribution is -0.0715. The molecule has 1 amide bonds. The van der Waals surface area contributed by atoms with Crippen molar-refractivity contribution in [3.8, 4) is 0 Å². The van der Waals surface area contributed by atoms with Crippen LogP contribution >= 0.6 is 0 Å². The van der Waals surface area contributed by atoms with Crippen LogP contribution in [-0.2, 0) is 9.47 Å². The number of amides is 1. The molecule has 0 bridgehead atoms. The molecule has 1 saturated carbocycles. The van der Waals surface area contributed by atoms with Crippen molar-refractivity contribution in [2.45, 2.75) is 58.7 Å². The minimum atomic E-state index is -0.138. The van der Waals surface area contributed by atoms with Gasteiger partial charge >= 0.3 is 6.09 Å². The van der Waals surface area contributed by atoms with Crippen LogP contribution in [0.2, 0.25) is 0 Å². The fourth-order valence-electron chi connectivity index (χ4n) is 3.01. The van der Waals surface area contributed by atoms with E-state index in [4.69, 9.17) is 9.47 Å². The van der Waals surface area contributed by atoms with Crippen molar-refractivity contribution in [3.05, 3.63) is 0 Å². The highest BCUT2D eigenvalue weighted by Crippen LogP contribution is 2.49. The van der Waals surface area contributed by atoms with Gasteiger partial charge in [-0.15, -0.1) is 0 Å². The number of carbonyl (C=O) groups is 1. The molecule has 0 radical (unpaired) electrons. The van der Waals surface area contributed by atoms with Crippen LogP contribution in [0.3, 0.4) is 0 Å². The van der Waals surface area contributed by atoms with Gasteiger partial charge in [0.1, 0.15) is 6.10 Å². The molecule has 1 heterocycles. The van der Waals surface area contributed by atoms with Crippen LogP contribution in [0.15, 0.2) is 0 Å². The minimum Gasteiger partial charge on any atom is -0.446 e. The summed E-state index contributed by atoms with van der Waals surface area (Å²) < 4.78 is 11.0. The van der Waals surface area contributed by atoms with Crippen LogP contribution in [0, 0.1) is 5.41 Å². The highest BCUT2D eigenvalue weighted by Gasteiger charge is 2.50. The highest BCUT2D eigenvalue weighted by molar-refractivity contribution is 5.68. The Hall–Kier alpha value is -0.770. The van der Waals surface area contributed by atoms with Crippen molar-refractivity contribution in [3.63, 3.8) is 0 Å². The third kappa shape index (κ3) is 2.79. The van der Waals surface area contributed by atoms with Crippen molar-refractivity contribution in [2.75, 3.05) is 19.7 Å². The van der Waals surface area contributed by atoms with Gasteiger partial charge in [-0.1, -0.05) is 6.92 Å². The van der Waals surface area contributed by atoms with Gasteiger partial charge in [0.05, 0.1) is 6.10 Å². The van der Waals surface area contributed by atoms with Crippen molar-refractivity contribution >= 4 is 6.09 Å². The van der Waals surface area contributed by atoms with Crippen molar-refractivity contribution in [1.82, 2.24) is 4.90 Å². The number of rotatable bonds is 4. The molecule has 0 aromatic carbocycles. The monoisotopic (exact) mass is 255 g/mol. The van der Waals surface area contributed by atoms with Crippen LogP contribution in [-0.4, -0.2) is 42.9 Å². The Balaban J connectivity index is 1.77. The third-order valence-corrected chi connectivity index (χ3v) is 4.30. The Morgan fingerprint density at radius 1 is 1.44 bits per heavy atom. The standard InChI is InChI=1S/C14H25NO3/c1-4-11(3)18-13(16)15-7-6-14(10-15)8-12(9-14)17-5-2/h11-12H,4-10H2,1-3H3. The van der Waals surface area contributed by atoms with Gasteiger partial charge in [-0.25, -0.2) is 4.79 Å². The summed E-state index contributed by atoms with van der Waals surface area (Å²) in [7, 11) is 0. The molecule has 2 aliphatic rings. The van der Waals surface area contributed by atoms with Gasteiger partial charge in [0.15, 0.2) is 0 Å². The van der Waals surface area contributed by atoms with Gasteiger partial charge in [0.2, 0.25) is 0 Å². The van der Waals surface area contributed by atoms with E-state index in [1.54, 1.807) is 0 Å². The first-order chi connectivity index (χ1) is 8.58. The molecule has 0 aromatic heterocycles. The SMILES string of the molecule is CCOC1CC2(CCN(C(=O)OC(C)CC)C2)C1. The first kappa shape index (κ1) is 13.7. The van der Waals surface area contributed by atoms with E-state index in [9.17, 15) is 4.79 Å². The van der Waals surface area contributed by atoms with Crippen LogP contribution in [0.1, 0.15) is 46.5 Å². The first-order valence-electron chi connectivity index (χ1n) is 7.15. The molecule has 1 spiro atoms. The predicted octanol–water partition coefficient (Wildman–Crippen LogP) is 2.81. The fraction of sp³-hybridized carbons (Fsp3) is 0.929. The van der Waals surface area contributed by atoms with E-state index in [0.717, 1.165) is 45.4 Å². The molecule has 1 aliphatic carbocycles. The van der Waals surface area contributed by atoms with Crippen LogP contribution < -0.4 is 0 Å². The lowest BCUT2D eigenvalue weighted by Crippen LogP contribution is -2.45. The maximum absolute atomic E-state index is 11.9. The van der Waals surface area contributed by atoms with Gasteiger partial charge in [-0.05, 0) is 44.9 Å². The van der Waals surface area contributed by atoms with E-state index >= 15 is 0 Å². The number of nitrogens with zero attached hydrogens (tertiary/aromatic N) is 1. The van der Waals surface area contributed by atoms with Crippen LogP contribution in [0.25, 0.3) is 0 Å². The van der Waals surface area contributed by atoms with Gasteiger partial charge in [0.25, 0.3) is 0 Å². The first-order valence-corrected chi connectivity index (χ1v) is 7.15. The highest BCUT2D eigenvalue weighted by atomic mass is 16.6. The number of ether oxygens (including phenoxy) is 2. The fourth-order valence-corrected chi connectivity index (χ4v) is 3.01. The van der Waals surface area contributed by atoms with Crippen molar-refractivity contribution in [2.24, 2.45) is 5.41 Å². The van der Waals surface area contributed by atoms with E-state index < -0.39 is 0 Å². The Bertz CT molecular complexity index is 299. The Kier molecular flexibility index (Phi) is 4.15. The summed E-state index contributed by atoms with van der Waals surface area (Å²) >= 11 is 0. The molecule has 2 rings (SSSR count). The molecule has 1 aliphatic heterocycles. The molecule has 18 heavy (non-hydrogen) atoms. The molecular weight excluding hydrogens is 230 g/mol. The summed E-state index contributed by atoms with van der Waals surface area (Å²) in [5, 5.41) is 0. The summed E-state index contributed by atoms with van der Waals surface area (Å²) in [6.07, 6.45) is 4.49. The van der Waals surface area contributed by atoms with Crippen LogP contribution in [0.4, 0.5) is 4.79 Å². The summed E-state index contributed by atoms with van der Waals surface area (Å²) in [5.74, 6) is 0. The number of hydrogen-bond acceptors (Lipinski definition) is 3. The molecule has 104 valence electrons. The quantitative estimate of drug-likeness (QED) is 0.775. The Labute approximate surface area is 110 Å². The molecule has 0 aromatic rings. The van der Waals surface area contributed by atoms with Gasteiger partial charge in [-0.2, -0.15) is 0 Å². The molecule has 0 N–H and O–H groups in total. The molecule has 1 atom stereocenters. The lowest BCUT2D eigenvalue weighted by Gasteiger charge is -2.44. The Morgan fingerprint density at radius 2 is 2.17 bits per heavy atom. The van der Waals surface area contributed by atoms with Gasteiger partial charge < -0.3 is 14.4 Å². The Morgan fingerprint density at radius 3 is 2.78 bits per heavy atom. The molecular formula is C14H25NO3. The molecule has 4 heteroatoms. The van der Waals surface area contributed by atoms with Crippen molar-refractivity contribution < 1.29 is 14.3 Å². The largest absolute Gasteiger partial charge is 0.446 e. The molecule has 4 nitrogen and oxygen atoms in total. The lowest BCUT2D eigenvalue weighted by atomic mass is 9.66. The third-order valence-electron chi connectivity index (χ3n) is 4.30. The zero-order valence-corrected chi connectivity index (χ0v) is 11.8. The average molecular weight is 255 g/mol. The molecule has 1 saturated heterocycles. The summed E-state index contributed by atoms with van der Waals surface area (Å²) in [4.78, 5) is 13.8. The van der Waals surface area contributed by atoms with E-state index in [1.165, 1.54) is 0 Å². The van der Waals surface area contributed by atoms with Crippen LogP contribution in [0.5, 0.6) is 0 Å². The van der Waals surface area contributed by atoms with Crippen molar-refractivity contribution in [1.29, 1.82) is 0 Å². The zero-order chi connectivity index (χ0) is 13.2. The van der Waals surface area contributed by atoms with E-state index in [-0.39, 0.29) is 12.2 Å². The second kappa shape index (κ2) is 5.47. The minimum absolute atomic E-state index is 0.0200. The zero-order valence-electron chi connectivity index (χ0n) is 11.8. The summed E-state index contributed by atoms with van der Waals surface area (Å²) in [6.45, 7) is 8.50. The normalized spacial score (nSPS) is 32.4. The molecule has 1 unspecified atom stereocenters. The maximum atomic E-state index is 11.9.